The van der Waals surface area contributed by atoms with Gasteiger partial charge in [-0.15, -0.1) is 0 Å². The normalized spacial score (nSPS) is 16.6. The minimum absolute atomic E-state index is 0.175. The van der Waals surface area contributed by atoms with E-state index in [9.17, 15) is 32.6 Å². The fraction of sp³-hybridized carbons (Fsp3) is 0.100. The zero-order chi connectivity index (χ0) is 16.3. The van der Waals surface area contributed by atoms with Gasteiger partial charge in [0.15, 0.2) is 5.03 Å². The predicted molar refractivity (Wildman–Crippen MR) is 63.2 cm³/mol. The van der Waals surface area contributed by atoms with E-state index in [0.717, 1.165) is 12.1 Å². The summed E-state index contributed by atoms with van der Waals surface area (Å²) in [7, 11) is -10.2. The van der Waals surface area contributed by atoms with Crippen molar-refractivity contribution in [2.45, 2.75) is 11.2 Å². The molecule has 0 fully saturated rings. The van der Waals surface area contributed by atoms with Crippen molar-refractivity contribution in [1.82, 2.24) is 4.98 Å². The van der Waals surface area contributed by atoms with Crippen molar-refractivity contribution in [2.24, 2.45) is 0 Å². The summed E-state index contributed by atoms with van der Waals surface area (Å²) in [6.07, 6.45) is -5.06. The molecular formula is C10H4ClF8NS. The van der Waals surface area contributed by atoms with Gasteiger partial charge in [0.1, 0.15) is 0 Å². The van der Waals surface area contributed by atoms with Crippen LogP contribution in [0.3, 0.4) is 0 Å². The number of rotatable bonds is 1. The van der Waals surface area contributed by atoms with E-state index in [1.165, 1.54) is 0 Å². The molecule has 2 rings (SSSR count). The molecule has 0 atom stereocenters. The number of para-hydroxylation sites is 1. The Morgan fingerprint density at radius 1 is 1.00 bits per heavy atom. The van der Waals surface area contributed by atoms with Crippen molar-refractivity contribution < 1.29 is 32.6 Å². The Hall–Kier alpha value is -1.29. The third-order valence-electron chi connectivity index (χ3n) is 2.47. The fourth-order valence-corrected chi connectivity index (χ4v) is 2.54. The van der Waals surface area contributed by atoms with E-state index in [2.05, 4.69) is 4.98 Å². The largest absolute Gasteiger partial charge is 0.418 e. The summed E-state index contributed by atoms with van der Waals surface area (Å²) in [5.74, 6) is 0. The van der Waals surface area contributed by atoms with Gasteiger partial charge in [0.2, 0.25) is 0 Å². The lowest BCUT2D eigenvalue weighted by Gasteiger charge is -2.39. The minimum Gasteiger partial charge on any atom is -0.232 e. The van der Waals surface area contributed by atoms with Gasteiger partial charge in [-0.2, -0.15) is 13.2 Å². The second-order valence-electron chi connectivity index (χ2n) is 4.11. The summed E-state index contributed by atoms with van der Waals surface area (Å²) < 4.78 is 102. The van der Waals surface area contributed by atoms with Crippen LogP contribution < -0.4 is 0 Å². The van der Waals surface area contributed by atoms with E-state index in [-0.39, 0.29) is 6.07 Å². The lowest BCUT2D eigenvalue weighted by Crippen LogP contribution is -2.11. The highest BCUT2D eigenvalue weighted by Crippen LogP contribution is 3.01. The first-order chi connectivity index (χ1) is 9.09. The van der Waals surface area contributed by atoms with Gasteiger partial charge in [0.05, 0.1) is 16.1 Å². The number of fused-ring (bicyclic) bond motifs is 1. The van der Waals surface area contributed by atoms with E-state index >= 15 is 0 Å². The SMILES string of the molecule is FC(F)(F)c1cccc2c(Cl)cc(S(F)(F)(F)(F)F)nc12. The van der Waals surface area contributed by atoms with Crippen LogP contribution in [0.5, 0.6) is 0 Å². The van der Waals surface area contributed by atoms with Crippen LogP contribution in [-0.4, -0.2) is 4.98 Å². The lowest BCUT2D eigenvalue weighted by molar-refractivity contribution is -0.136. The van der Waals surface area contributed by atoms with Gasteiger partial charge in [-0.05, 0) is 12.1 Å². The number of benzene rings is 1. The highest BCUT2D eigenvalue weighted by Gasteiger charge is 2.67. The minimum atomic E-state index is -10.2. The molecule has 2 aromatic rings. The molecule has 0 amide bonds. The molecule has 21 heavy (non-hydrogen) atoms. The zero-order valence-electron chi connectivity index (χ0n) is 9.57. The maximum atomic E-state index is 12.7. The second kappa shape index (κ2) is 3.72. The van der Waals surface area contributed by atoms with Crippen molar-refractivity contribution in [3.05, 3.63) is 34.9 Å². The van der Waals surface area contributed by atoms with Crippen LogP contribution in [0.2, 0.25) is 5.02 Å². The summed E-state index contributed by atoms with van der Waals surface area (Å²) in [5, 5.41) is -4.10. The van der Waals surface area contributed by atoms with E-state index in [1.807, 2.05) is 0 Å². The molecular weight excluding hydrogens is 354 g/mol. The number of nitrogens with zero attached hydrogens (tertiary/aromatic N) is 1. The van der Waals surface area contributed by atoms with E-state index < -0.39 is 42.9 Å². The lowest BCUT2D eigenvalue weighted by atomic mass is 10.1. The van der Waals surface area contributed by atoms with Crippen molar-refractivity contribution in [3.63, 3.8) is 0 Å². The van der Waals surface area contributed by atoms with Crippen LogP contribution >= 0.6 is 21.8 Å². The summed E-state index contributed by atoms with van der Waals surface area (Å²) in [6, 6.07) is 2.10. The topological polar surface area (TPSA) is 12.9 Å². The Balaban J connectivity index is 2.95. The predicted octanol–water partition coefficient (Wildman–Crippen LogP) is 6.56. The van der Waals surface area contributed by atoms with Crippen LogP contribution in [0.25, 0.3) is 10.9 Å². The molecule has 0 unspecified atom stereocenters. The molecule has 1 aromatic heterocycles. The first kappa shape index (κ1) is 16.1. The van der Waals surface area contributed by atoms with Crippen LogP contribution in [0.15, 0.2) is 29.3 Å². The highest BCUT2D eigenvalue weighted by atomic mass is 35.5. The molecule has 0 aliphatic rings. The Bertz CT molecular complexity index is 737. The average Bonchev–Trinajstić information content (AvgIpc) is 2.23. The van der Waals surface area contributed by atoms with Gasteiger partial charge < -0.3 is 0 Å². The quantitative estimate of drug-likeness (QED) is 0.526. The molecule has 1 nitrogen and oxygen atoms in total. The first-order valence-corrected chi connectivity index (χ1v) is 7.33. The van der Waals surface area contributed by atoms with Crippen LogP contribution in [0, 0.1) is 0 Å². The number of alkyl halides is 3. The Morgan fingerprint density at radius 3 is 2.05 bits per heavy atom. The van der Waals surface area contributed by atoms with Crippen molar-refractivity contribution in [3.8, 4) is 0 Å². The molecule has 0 aliphatic carbocycles. The summed E-state index contributed by atoms with van der Waals surface area (Å²) >= 11 is 5.39. The van der Waals surface area contributed by atoms with Gasteiger partial charge in [-0.25, -0.2) is 4.98 Å². The maximum absolute atomic E-state index is 12.7. The number of halogens is 9. The average molecular weight is 358 g/mol. The molecule has 118 valence electrons. The number of aromatic nitrogens is 1. The van der Waals surface area contributed by atoms with Gasteiger partial charge in [0, 0.05) is 5.39 Å². The summed E-state index contributed by atoms with van der Waals surface area (Å²) in [4.78, 5) is 2.49. The third-order valence-corrected chi connectivity index (χ3v) is 3.78. The summed E-state index contributed by atoms with van der Waals surface area (Å²) in [6.45, 7) is 0. The smallest absolute Gasteiger partial charge is 0.232 e. The number of pyridine rings is 1. The molecule has 0 aliphatic heterocycles. The van der Waals surface area contributed by atoms with Crippen LogP contribution in [-0.2, 0) is 6.18 Å². The van der Waals surface area contributed by atoms with E-state index in [1.54, 1.807) is 0 Å². The van der Waals surface area contributed by atoms with Crippen LogP contribution in [0.4, 0.5) is 32.6 Å². The number of hydrogen-bond acceptors (Lipinski definition) is 1. The molecule has 0 saturated heterocycles. The van der Waals surface area contributed by atoms with E-state index in [4.69, 9.17) is 11.6 Å². The van der Waals surface area contributed by atoms with E-state index in [0.29, 0.717) is 6.07 Å². The standard InChI is InChI=1S/C10H4ClF8NS/c11-7-4-8(21(15,16,17,18)19)20-9-5(7)2-1-3-6(9)10(12,13)14/h1-4H. The monoisotopic (exact) mass is 357 g/mol. The molecule has 11 heteroatoms. The Morgan fingerprint density at radius 2 is 1.57 bits per heavy atom. The van der Waals surface area contributed by atoms with Crippen molar-refractivity contribution in [2.75, 3.05) is 0 Å². The van der Waals surface area contributed by atoms with Crippen molar-refractivity contribution in [1.29, 1.82) is 0 Å². The molecule has 0 bridgehead atoms. The molecule has 0 spiro atoms. The van der Waals surface area contributed by atoms with Gasteiger partial charge in [-0.1, -0.05) is 43.2 Å². The maximum Gasteiger partial charge on any atom is 0.418 e. The van der Waals surface area contributed by atoms with Crippen LogP contribution in [0.1, 0.15) is 5.56 Å². The third kappa shape index (κ3) is 3.15. The highest BCUT2D eigenvalue weighted by molar-refractivity contribution is 8.45. The zero-order valence-corrected chi connectivity index (χ0v) is 11.1. The van der Waals surface area contributed by atoms with Gasteiger partial charge >= 0.3 is 16.4 Å². The molecule has 1 heterocycles. The summed E-state index contributed by atoms with van der Waals surface area (Å²) in [5.41, 5.74) is -2.86. The first-order valence-electron chi connectivity index (χ1n) is 5.00. The molecule has 1 aromatic carbocycles. The molecule has 0 N–H and O–H groups in total. The van der Waals surface area contributed by atoms with Crippen molar-refractivity contribution >= 4 is 32.7 Å². The molecule has 0 saturated carbocycles. The molecule has 0 radical (unpaired) electrons. The van der Waals surface area contributed by atoms with Gasteiger partial charge in [-0.3, -0.25) is 0 Å². The fourth-order valence-electron chi connectivity index (χ4n) is 1.61. The Kier molecular flexibility index (Phi) is 2.85. The van der Waals surface area contributed by atoms with Gasteiger partial charge in [0.25, 0.3) is 0 Å². The second-order valence-corrected chi connectivity index (χ2v) is 6.87. The Labute approximate surface area is 117 Å². The number of hydrogen-bond donors (Lipinski definition) is 0.